The third-order valence-electron chi connectivity index (χ3n) is 3.72. The quantitative estimate of drug-likeness (QED) is 0.895. The van der Waals surface area contributed by atoms with E-state index < -0.39 is 12.1 Å². The minimum absolute atomic E-state index is 0.0200. The molecule has 0 spiro atoms. The van der Waals surface area contributed by atoms with Gasteiger partial charge >= 0.3 is 5.97 Å². The van der Waals surface area contributed by atoms with E-state index in [0.717, 1.165) is 5.56 Å². The lowest BCUT2D eigenvalue weighted by molar-refractivity contribution is 0.0687. The SMILES string of the molecule is COc1cccc(-c2nc(C(=O)O)c3n2CCC(O)C3)c1. The summed E-state index contributed by atoms with van der Waals surface area (Å²) < 4.78 is 7.08. The Kier molecular flexibility index (Phi) is 3.39. The number of carbonyl (C=O) groups is 1. The molecule has 110 valence electrons. The average Bonchev–Trinajstić information content (AvgIpc) is 2.86. The first kappa shape index (κ1) is 13.6. The van der Waals surface area contributed by atoms with Crippen molar-refractivity contribution in [1.29, 1.82) is 0 Å². The number of aromatic nitrogens is 2. The zero-order valence-electron chi connectivity index (χ0n) is 11.6. The highest BCUT2D eigenvalue weighted by molar-refractivity contribution is 5.88. The first-order chi connectivity index (χ1) is 10.1. The van der Waals surface area contributed by atoms with Crippen LogP contribution in [0.5, 0.6) is 5.75 Å². The molecule has 2 heterocycles. The molecule has 1 aliphatic rings. The van der Waals surface area contributed by atoms with Crippen molar-refractivity contribution in [3.8, 4) is 17.1 Å². The first-order valence-corrected chi connectivity index (χ1v) is 6.75. The van der Waals surface area contributed by atoms with E-state index in [0.29, 0.717) is 36.7 Å². The fourth-order valence-electron chi connectivity index (χ4n) is 2.69. The number of imidazole rings is 1. The predicted molar refractivity (Wildman–Crippen MR) is 75.5 cm³/mol. The maximum Gasteiger partial charge on any atom is 0.356 e. The fraction of sp³-hybridized carbons (Fsp3) is 0.333. The lowest BCUT2D eigenvalue weighted by Crippen LogP contribution is -2.24. The number of aliphatic hydroxyl groups excluding tert-OH is 1. The van der Waals surface area contributed by atoms with Gasteiger partial charge in [0.1, 0.15) is 11.6 Å². The molecule has 2 aromatic rings. The first-order valence-electron chi connectivity index (χ1n) is 6.75. The van der Waals surface area contributed by atoms with Crippen LogP contribution >= 0.6 is 0 Å². The molecule has 1 unspecified atom stereocenters. The van der Waals surface area contributed by atoms with Crippen LogP contribution in [0.15, 0.2) is 24.3 Å². The Hall–Kier alpha value is -2.34. The zero-order chi connectivity index (χ0) is 15.0. The van der Waals surface area contributed by atoms with Gasteiger partial charge in [0, 0.05) is 18.5 Å². The van der Waals surface area contributed by atoms with Crippen molar-refractivity contribution in [3.05, 3.63) is 35.7 Å². The number of methoxy groups -OCH3 is 1. The molecule has 0 amide bonds. The molecule has 0 aliphatic carbocycles. The van der Waals surface area contributed by atoms with Crippen LogP contribution in [-0.4, -0.2) is 38.9 Å². The number of fused-ring (bicyclic) bond motifs is 1. The van der Waals surface area contributed by atoms with Gasteiger partial charge in [-0.05, 0) is 18.6 Å². The predicted octanol–water partition coefficient (Wildman–Crippen LogP) is 1.56. The summed E-state index contributed by atoms with van der Waals surface area (Å²) in [6.45, 7) is 0.559. The van der Waals surface area contributed by atoms with Gasteiger partial charge < -0.3 is 19.5 Å². The molecule has 1 atom stereocenters. The molecule has 1 aliphatic heterocycles. The Balaban J connectivity index is 2.14. The van der Waals surface area contributed by atoms with Gasteiger partial charge in [-0.2, -0.15) is 0 Å². The van der Waals surface area contributed by atoms with E-state index in [1.54, 1.807) is 7.11 Å². The molecule has 6 heteroatoms. The van der Waals surface area contributed by atoms with Crippen LogP contribution in [0.1, 0.15) is 22.6 Å². The van der Waals surface area contributed by atoms with E-state index >= 15 is 0 Å². The van der Waals surface area contributed by atoms with E-state index in [4.69, 9.17) is 4.74 Å². The van der Waals surface area contributed by atoms with Gasteiger partial charge in [0.15, 0.2) is 5.69 Å². The number of aliphatic hydroxyl groups is 1. The minimum atomic E-state index is -1.07. The summed E-state index contributed by atoms with van der Waals surface area (Å²) in [7, 11) is 1.58. The molecule has 0 saturated carbocycles. The summed E-state index contributed by atoms with van der Waals surface area (Å²) in [4.78, 5) is 15.6. The normalized spacial score (nSPS) is 17.3. The number of nitrogens with zero attached hydrogens (tertiary/aromatic N) is 2. The van der Waals surface area contributed by atoms with E-state index in [2.05, 4.69) is 4.98 Å². The average molecular weight is 288 g/mol. The van der Waals surface area contributed by atoms with E-state index in [1.165, 1.54) is 0 Å². The number of hydrogen-bond acceptors (Lipinski definition) is 4. The molecule has 1 aromatic carbocycles. The molecular formula is C15H16N2O4. The highest BCUT2D eigenvalue weighted by Gasteiger charge is 2.28. The van der Waals surface area contributed by atoms with Gasteiger partial charge in [-0.3, -0.25) is 0 Å². The van der Waals surface area contributed by atoms with Crippen LogP contribution in [-0.2, 0) is 13.0 Å². The van der Waals surface area contributed by atoms with Crippen molar-refractivity contribution >= 4 is 5.97 Å². The number of carboxylic acid groups (broad SMARTS) is 1. The van der Waals surface area contributed by atoms with Crippen LogP contribution in [0.3, 0.4) is 0 Å². The van der Waals surface area contributed by atoms with Crippen LogP contribution in [0.25, 0.3) is 11.4 Å². The number of ether oxygens (including phenoxy) is 1. The second-order valence-electron chi connectivity index (χ2n) is 5.07. The molecule has 6 nitrogen and oxygen atoms in total. The Morgan fingerprint density at radius 2 is 2.29 bits per heavy atom. The topological polar surface area (TPSA) is 84.6 Å². The molecule has 21 heavy (non-hydrogen) atoms. The summed E-state index contributed by atoms with van der Waals surface area (Å²) >= 11 is 0. The summed E-state index contributed by atoms with van der Waals surface area (Å²) in [5.41, 5.74) is 1.41. The minimum Gasteiger partial charge on any atom is -0.497 e. The third-order valence-corrected chi connectivity index (χ3v) is 3.72. The van der Waals surface area contributed by atoms with Crippen LogP contribution in [0, 0.1) is 0 Å². The Labute approximate surface area is 121 Å². The molecule has 3 rings (SSSR count). The van der Waals surface area contributed by atoms with Crippen LogP contribution in [0.4, 0.5) is 0 Å². The Morgan fingerprint density at radius 1 is 1.48 bits per heavy atom. The highest BCUT2D eigenvalue weighted by atomic mass is 16.5. The second-order valence-corrected chi connectivity index (χ2v) is 5.07. The molecule has 2 N–H and O–H groups in total. The highest BCUT2D eigenvalue weighted by Crippen LogP contribution is 2.29. The number of aromatic carboxylic acids is 1. The van der Waals surface area contributed by atoms with E-state index in [9.17, 15) is 15.0 Å². The van der Waals surface area contributed by atoms with Crippen molar-refractivity contribution in [2.75, 3.05) is 7.11 Å². The van der Waals surface area contributed by atoms with Gasteiger partial charge in [-0.1, -0.05) is 12.1 Å². The number of hydrogen-bond donors (Lipinski definition) is 2. The smallest absolute Gasteiger partial charge is 0.356 e. The van der Waals surface area contributed by atoms with E-state index in [-0.39, 0.29) is 5.69 Å². The zero-order valence-corrected chi connectivity index (χ0v) is 11.6. The maximum absolute atomic E-state index is 11.4. The molecule has 0 bridgehead atoms. The standard InChI is InChI=1S/C15H16N2O4/c1-21-11-4-2-3-9(7-11)14-16-13(15(19)20)12-8-10(18)5-6-17(12)14/h2-4,7,10,18H,5-6,8H2,1H3,(H,19,20). The molecule has 0 saturated heterocycles. The number of benzene rings is 1. The van der Waals surface area contributed by atoms with Crippen molar-refractivity contribution < 1.29 is 19.7 Å². The summed E-state index contributed by atoms with van der Waals surface area (Å²) in [6, 6.07) is 7.36. The molecule has 0 fully saturated rings. The lowest BCUT2D eigenvalue weighted by atomic mass is 10.0. The van der Waals surface area contributed by atoms with Gasteiger partial charge in [0.25, 0.3) is 0 Å². The summed E-state index contributed by atoms with van der Waals surface area (Å²) in [5.74, 6) is 0.229. The van der Waals surface area contributed by atoms with Gasteiger partial charge in [0.05, 0.1) is 18.9 Å². The molecular weight excluding hydrogens is 272 g/mol. The van der Waals surface area contributed by atoms with Gasteiger partial charge in [0.2, 0.25) is 0 Å². The van der Waals surface area contributed by atoms with Crippen LogP contribution in [0.2, 0.25) is 0 Å². The number of rotatable bonds is 3. The van der Waals surface area contributed by atoms with E-state index in [1.807, 2.05) is 28.8 Å². The van der Waals surface area contributed by atoms with Crippen LogP contribution < -0.4 is 4.74 Å². The monoisotopic (exact) mass is 288 g/mol. The van der Waals surface area contributed by atoms with Crippen molar-refractivity contribution in [2.24, 2.45) is 0 Å². The fourth-order valence-corrected chi connectivity index (χ4v) is 2.69. The Bertz CT molecular complexity index is 693. The molecule has 1 aromatic heterocycles. The Morgan fingerprint density at radius 3 is 3.00 bits per heavy atom. The van der Waals surface area contributed by atoms with Crippen molar-refractivity contribution in [1.82, 2.24) is 9.55 Å². The molecule has 0 radical (unpaired) electrons. The van der Waals surface area contributed by atoms with Gasteiger partial charge in [-0.25, -0.2) is 9.78 Å². The third kappa shape index (κ3) is 2.38. The summed E-state index contributed by atoms with van der Waals surface area (Å²) in [5, 5.41) is 19.1. The second kappa shape index (κ2) is 5.21. The van der Waals surface area contributed by atoms with Crippen molar-refractivity contribution in [2.45, 2.75) is 25.5 Å². The summed E-state index contributed by atoms with van der Waals surface area (Å²) in [6.07, 6.45) is 0.406. The van der Waals surface area contributed by atoms with Gasteiger partial charge in [-0.15, -0.1) is 0 Å². The van der Waals surface area contributed by atoms with Crippen molar-refractivity contribution in [3.63, 3.8) is 0 Å². The number of carboxylic acids is 1. The maximum atomic E-state index is 11.4. The lowest BCUT2D eigenvalue weighted by Gasteiger charge is -2.21. The largest absolute Gasteiger partial charge is 0.497 e.